The summed E-state index contributed by atoms with van der Waals surface area (Å²) in [5.41, 5.74) is 0.932. The zero-order valence-corrected chi connectivity index (χ0v) is 14.5. The highest BCUT2D eigenvalue weighted by molar-refractivity contribution is 5.91. The molecule has 2 aromatic heterocycles. The third kappa shape index (κ3) is 5.07. The summed E-state index contributed by atoms with van der Waals surface area (Å²) in [4.78, 5) is 20.4. The Balaban J connectivity index is 1.62. The molecule has 1 aromatic carbocycles. The van der Waals surface area contributed by atoms with Crippen LogP contribution in [0.5, 0.6) is 5.75 Å². The first kappa shape index (κ1) is 17.5. The molecule has 7 nitrogen and oxygen atoms in total. The summed E-state index contributed by atoms with van der Waals surface area (Å²) < 4.78 is 9.01. The van der Waals surface area contributed by atoms with E-state index in [1.54, 1.807) is 38.2 Å². The number of methoxy groups -OCH3 is 1. The van der Waals surface area contributed by atoms with Gasteiger partial charge < -0.3 is 19.2 Å². The van der Waals surface area contributed by atoms with Gasteiger partial charge in [0.05, 0.1) is 25.8 Å². The van der Waals surface area contributed by atoms with Gasteiger partial charge in [-0.05, 0) is 23.8 Å². The van der Waals surface area contributed by atoms with Gasteiger partial charge in [0.1, 0.15) is 5.75 Å². The van der Waals surface area contributed by atoms with Crippen LogP contribution >= 0.6 is 0 Å². The Kier molecular flexibility index (Phi) is 5.82. The Hall–Kier alpha value is -3.35. The standard InChI is InChI=1S/C19H21N5O2/c1-26-18-5-2-16(3-6-18)4-7-19(25)22-17(12-23-10-8-20-14-23)13-24-11-9-21-15-24/h2-11,14-15,17H,12-13H2,1H3,(H,22,25). The van der Waals surface area contributed by atoms with E-state index in [9.17, 15) is 4.79 Å². The Bertz CT molecular complexity index is 787. The summed E-state index contributed by atoms with van der Waals surface area (Å²) in [7, 11) is 1.62. The maximum Gasteiger partial charge on any atom is 0.244 e. The van der Waals surface area contributed by atoms with Gasteiger partial charge in [-0.15, -0.1) is 0 Å². The van der Waals surface area contributed by atoms with Crippen LogP contribution in [-0.4, -0.2) is 38.2 Å². The monoisotopic (exact) mass is 351 g/mol. The summed E-state index contributed by atoms with van der Waals surface area (Å²) in [5, 5.41) is 3.04. The van der Waals surface area contributed by atoms with E-state index in [2.05, 4.69) is 15.3 Å². The molecule has 3 aromatic rings. The molecule has 0 bridgehead atoms. The van der Waals surface area contributed by atoms with Crippen molar-refractivity contribution >= 4 is 12.0 Å². The number of hydrogen-bond acceptors (Lipinski definition) is 4. The molecule has 0 aliphatic heterocycles. The third-order valence-corrected chi connectivity index (χ3v) is 3.87. The molecule has 0 fully saturated rings. The maximum absolute atomic E-state index is 12.3. The summed E-state index contributed by atoms with van der Waals surface area (Å²) >= 11 is 0. The number of nitrogens with one attached hydrogen (secondary N) is 1. The molecule has 7 heteroatoms. The number of hydrogen-bond donors (Lipinski definition) is 1. The SMILES string of the molecule is COc1ccc(C=CC(=O)NC(Cn2ccnc2)Cn2ccnc2)cc1. The van der Waals surface area contributed by atoms with Crippen LogP contribution in [0.25, 0.3) is 6.08 Å². The van der Waals surface area contributed by atoms with Gasteiger partial charge in [0.2, 0.25) is 5.91 Å². The first-order valence-electron chi connectivity index (χ1n) is 8.27. The van der Waals surface area contributed by atoms with Gasteiger partial charge in [-0.1, -0.05) is 12.1 Å². The van der Waals surface area contributed by atoms with Gasteiger partial charge in [-0.3, -0.25) is 4.79 Å². The second-order valence-corrected chi connectivity index (χ2v) is 5.83. The maximum atomic E-state index is 12.3. The lowest BCUT2D eigenvalue weighted by atomic mass is 10.2. The van der Waals surface area contributed by atoms with E-state index < -0.39 is 0 Å². The molecular formula is C19H21N5O2. The predicted octanol–water partition coefficient (Wildman–Crippen LogP) is 1.99. The quantitative estimate of drug-likeness (QED) is 0.630. The fourth-order valence-electron chi connectivity index (χ4n) is 2.58. The number of benzene rings is 1. The number of aromatic nitrogens is 4. The van der Waals surface area contributed by atoms with Crippen LogP contribution in [0.4, 0.5) is 0 Å². The Morgan fingerprint density at radius 1 is 1.12 bits per heavy atom. The Morgan fingerprint density at radius 3 is 2.23 bits per heavy atom. The van der Waals surface area contributed by atoms with E-state index in [0.717, 1.165) is 11.3 Å². The Morgan fingerprint density at radius 2 is 1.73 bits per heavy atom. The summed E-state index contributed by atoms with van der Waals surface area (Å²) in [6.45, 7) is 1.25. The minimum atomic E-state index is -0.147. The van der Waals surface area contributed by atoms with Crippen LogP contribution in [0.1, 0.15) is 5.56 Å². The number of ether oxygens (including phenoxy) is 1. The van der Waals surface area contributed by atoms with Crippen molar-refractivity contribution in [3.05, 3.63) is 73.3 Å². The van der Waals surface area contributed by atoms with E-state index in [0.29, 0.717) is 13.1 Å². The molecule has 0 spiro atoms. The van der Waals surface area contributed by atoms with Crippen molar-refractivity contribution < 1.29 is 9.53 Å². The lowest BCUT2D eigenvalue weighted by molar-refractivity contribution is -0.117. The summed E-state index contributed by atoms with van der Waals surface area (Å²) in [6, 6.07) is 7.43. The largest absolute Gasteiger partial charge is 0.497 e. The topological polar surface area (TPSA) is 74.0 Å². The minimum absolute atomic E-state index is 0.0913. The van der Waals surface area contributed by atoms with Crippen LogP contribution in [0, 0.1) is 0 Å². The average molecular weight is 351 g/mol. The molecule has 3 rings (SSSR count). The first-order valence-corrected chi connectivity index (χ1v) is 8.27. The van der Waals surface area contributed by atoms with E-state index in [4.69, 9.17) is 4.74 Å². The van der Waals surface area contributed by atoms with Crippen molar-refractivity contribution in [1.29, 1.82) is 0 Å². The smallest absolute Gasteiger partial charge is 0.244 e. The molecule has 134 valence electrons. The molecule has 0 saturated carbocycles. The molecule has 0 atom stereocenters. The average Bonchev–Trinajstić information content (AvgIpc) is 3.34. The lowest BCUT2D eigenvalue weighted by Crippen LogP contribution is -2.39. The van der Waals surface area contributed by atoms with E-state index >= 15 is 0 Å². The van der Waals surface area contributed by atoms with Crippen LogP contribution in [0.2, 0.25) is 0 Å². The summed E-state index contributed by atoms with van der Waals surface area (Å²) in [6.07, 6.45) is 14.0. The van der Waals surface area contributed by atoms with Crippen molar-refractivity contribution in [2.45, 2.75) is 19.1 Å². The molecule has 26 heavy (non-hydrogen) atoms. The van der Waals surface area contributed by atoms with E-state index in [1.807, 2.05) is 45.8 Å². The molecule has 0 saturated heterocycles. The third-order valence-electron chi connectivity index (χ3n) is 3.87. The zero-order valence-electron chi connectivity index (χ0n) is 14.5. The molecule has 1 N–H and O–H groups in total. The van der Waals surface area contributed by atoms with Crippen molar-refractivity contribution in [3.8, 4) is 5.75 Å². The van der Waals surface area contributed by atoms with Crippen LogP contribution in [-0.2, 0) is 17.9 Å². The van der Waals surface area contributed by atoms with Crippen LogP contribution in [0.3, 0.4) is 0 Å². The number of nitrogens with zero attached hydrogens (tertiary/aromatic N) is 4. The second kappa shape index (κ2) is 8.66. The van der Waals surface area contributed by atoms with Crippen molar-refractivity contribution in [2.24, 2.45) is 0 Å². The number of imidazole rings is 2. The van der Waals surface area contributed by atoms with Gasteiger partial charge in [-0.2, -0.15) is 0 Å². The highest BCUT2D eigenvalue weighted by atomic mass is 16.5. The van der Waals surface area contributed by atoms with E-state index in [-0.39, 0.29) is 11.9 Å². The fraction of sp³-hybridized carbons (Fsp3) is 0.211. The molecule has 1 amide bonds. The second-order valence-electron chi connectivity index (χ2n) is 5.83. The number of rotatable bonds is 8. The highest BCUT2D eigenvalue weighted by Crippen LogP contribution is 2.12. The molecule has 0 aliphatic rings. The zero-order chi connectivity index (χ0) is 18.2. The Labute approximate surface area is 152 Å². The fourth-order valence-corrected chi connectivity index (χ4v) is 2.58. The van der Waals surface area contributed by atoms with Crippen molar-refractivity contribution in [2.75, 3.05) is 7.11 Å². The minimum Gasteiger partial charge on any atom is -0.497 e. The van der Waals surface area contributed by atoms with Crippen LogP contribution in [0.15, 0.2) is 67.8 Å². The highest BCUT2D eigenvalue weighted by Gasteiger charge is 2.12. The first-order chi connectivity index (χ1) is 12.7. The molecule has 0 unspecified atom stereocenters. The van der Waals surface area contributed by atoms with Crippen molar-refractivity contribution in [3.63, 3.8) is 0 Å². The molecule has 0 aliphatic carbocycles. The van der Waals surface area contributed by atoms with Gasteiger partial charge in [0.25, 0.3) is 0 Å². The summed E-state index contributed by atoms with van der Waals surface area (Å²) in [5.74, 6) is 0.637. The predicted molar refractivity (Wildman–Crippen MR) is 98.4 cm³/mol. The normalized spacial score (nSPS) is 11.2. The van der Waals surface area contributed by atoms with E-state index in [1.165, 1.54) is 6.08 Å². The van der Waals surface area contributed by atoms with Crippen LogP contribution < -0.4 is 10.1 Å². The van der Waals surface area contributed by atoms with Gasteiger partial charge in [0.15, 0.2) is 0 Å². The van der Waals surface area contributed by atoms with Crippen molar-refractivity contribution in [1.82, 2.24) is 24.4 Å². The molecule has 2 heterocycles. The number of carbonyl (C=O) groups is 1. The van der Waals surface area contributed by atoms with Gasteiger partial charge in [0, 0.05) is 44.0 Å². The molecule has 0 radical (unpaired) electrons. The number of amides is 1. The molecular weight excluding hydrogens is 330 g/mol. The lowest BCUT2D eigenvalue weighted by Gasteiger charge is -2.19. The van der Waals surface area contributed by atoms with Gasteiger partial charge in [-0.25, -0.2) is 9.97 Å². The van der Waals surface area contributed by atoms with Gasteiger partial charge >= 0.3 is 0 Å². The number of carbonyl (C=O) groups excluding carboxylic acids is 1.